The van der Waals surface area contributed by atoms with Gasteiger partial charge in [0.2, 0.25) is 5.91 Å². The highest BCUT2D eigenvalue weighted by Gasteiger charge is 2.32. The average molecular weight is 325 g/mol. The first kappa shape index (κ1) is 18.7. The first-order valence-corrected chi connectivity index (χ1v) is 9.11. The fraction of sp³-hybridized carbons (Fsp3) is 0.944. The Bertz CT molecular complexity index is 392. The van der Waals surface area contributed by atoms with Gasteiger partial charge in [0.05, 0.1) is 5.60 Å². The molecule has 134 valence electrons. The molecule has 1 heterocycles. The van der Waals surface area contributed by atoms with Crippen LogP contribution in [0.3, 0.4) is 0 Å². The van der Waals surface area contributed by atoms with E-state index in [9.17, 15) is 4.79 Å². The molecule has 0 aromatic heterocycles. The topological polar surface area (TPSA) is 58.8 Å². The van der Waals surface area contributed by atoms with Crippen molar-refractivity contribution in [1.82, 2.24) is 9.80 Å². The number of ether oxygens (including phenoxy) is 1. The molecule has 0 unspecified atom stereocenters. The van der Waals surface area contributed by atoms with E-state index in [1.165, 1.54) is 12.8 Å². The summed E-state index contributed by atoms with van der Waals surface area (Å²) in [4.78, 5) is 17.0. The summed E-state index contributed by atoms with van der Waals surface area (Å²) in [6.07, 6.45) is 4.85. The monoisotopic (exact) mass is 325 g/mol. The van der Waals surface area contributed by atoms with Crippen molar-refractivity contribution < 1.29 is 9.53 Å². The number of piperazine rings is 1. The Morgan fingerprint density at radius 1 is 1.09 bits per heavy atom. The summed E-state index contributed by atoms with van der Waals surface area (Å²) in [6.45, 7) is 12.6. The summed E-state index contributed by atoms with van der Waals surface area (Å²) in [5.41, 5.74) is 5.51. The van der Waals surface area contributed by atoms with Crippen LogP contribution in [0.5, 0.6) is 0 Å². The third-order valence-corrected chi connectivity index (χ3v) is 4.91. The minimum Gasteiger partial charge on any atom is -0.375 e. The number of rotatable bonds is 8. The average Bonchev–Trinajstić information content (AvgIpc) is 3.28. The number of hydrogen-bond donors (Lipinski definition) is 1. The number of nitrogens with zero attached hydrogens (tertiary/aromatic N) is 2. The van der Waals surface area contributed by atoms with Crippen molar-refractivity contribution in [2.24, 2.45) is 5.73 Å². The molecule has 1 amide bonds. The third kappa shape index (κ3) is 6.77. The summed E-state index contributed by atoms with van der Waals surface area (Å²) in [7, 11) is 0. The van der Waals surface area contributed by atoms with Gasteiger partial charge in [-0.2, -0.15) is 0 Å². The lowest BCUT2D eigenvalue weighted by Crippen LogP contribution is -2.49. The van der Waals surface area contributed by atoms with Crippen molar-refractivity contribution in [3.63, 3.8) is 0 Å². The van der Waals surface area contributed by atoms with E-state index >= 15 is 0 Å². The van der Waals surface area contributed by atoms with Crippen molar-refractivity contribution in [3.05, 3.63) is 0 Å². The maximum Gasteiger partial charge on any atom is 0.222 e. The maximum atomic E-state index is 12.4. The van der Waals surface area contributed by atoms with Gasteiger partial charge in [-0.3, -0.25) is 9.69 Å². The largest absolute Gasteiger partial charge is 0.375 e. The van der Waals surface area contributed by atoms with Gasteiger partial charge in [-0.15, -0.1) is 0 Å². The van der Waals surface area contributed by atoms with Crippen molar-refractivity contribution in [1.29, 1.82) is 0 Å². The first-order chi connectivity index (χ1) is 10.7. The second kappa shape index (κ2) is 7.49. The molecule has 5 nitrogen and oxygen atoms in total. The summed E-state index contributed by atoms with van der Waals surface area (Å²) >= 11 is 0. The lowest BCUT2D eigenvalue weighted by atomic mass is 10.0. The van der Waals surface area contributed by atoms with Crippen LogP contribution in [-0.4, -0.2) is 65.7 Å². The van der Waals surface area contributed by atoms with Crippen LogP contribution in [-0.2, 0) is 9.53 Å². The van der Waals surface area contributed by atoms with E-state index in [1.54, 1.807) is 0 Å². The number of amides is 1. The fourth-order valence-corrected chi connectivity index (χ4v) is 3.00. The summed E-state index contributed by atoms with van der Waals surface area (Å²) in [5, 5.41) is 0. The van der Waals surface area contributed by atoms with E-state index in [0.29, 0.717) is 13.0 Å². The molecule has 5 heteroatoms. The van der Waals surface area contributed by atoms with Crippen LogP contribution in [0.2, 0.25) is 0 Å². The fourth-order valence-electron chi connectivity index (χ4n) is 3.00. The lowest BCUT2D eigenvalue weighted by molar-refractivity contribution is -0.134. The molecule has 2 fully saturated rings. The molecule has 0 aromatic rings. The van der Waals surface area contributed by atoms with Crippen molar-refractivity contribution >= 4 is 5.91 Å². The van der Waals surface area contributed by atoms with Crippen molar-refractivity contribution in [3.8, 4) is 0 Å². The Morgan fingerprint density at radius 3 is 2.22 bits per heavy atom. The molecular formula is C18H35N3O2. The highest BCUT2D eigenvalue weighted by atomic mass is 16.5. The van der Waals surface area contributed by atoms with Gasteiger partial charge in [0.15, 0.2) is 0 Å². The summed E-state index contributed by atoms with van der Waals surface area (Å²) < 4.78 is 5.94. The van der Waals surface area contributed by atoms with E-state index in [0.717, 1.165) is 45.1 Å². The molecule has 0 aromatic carbocycles. The van der Waals surface area contributed by atoms with E-state index in [-0.39, 0.29) is 17.0 Å². The second-order valence-electron chi connectivity index (χ2n) is 8.49. The minimum absolute atomic E-state index is 0.201. The molecule has 0 radical (unpaired) electrons. The highest BCUT2D eigenvalue weighted by molar-refractivity contribution is 5.76. The van der Waals surface area contributed by atoms with Crippen molar-refractivity contribution in [2.75, 3.05) is 32.8 Å². The Kier molecular flexibility index (Phi) is 6.09. The van der Waals surface area contributed by atoms with Gasteiger partial charge in [0.25, 0.3) is 0 Å². The van der Waals surface area contributed by atoms with Crippen LogP contribution in [0.1, 0.15) is 59.8 Å². The first-order valence-electron chi connectivity index (χ1n) is 9.11. The van der Waals surface area contributed by atoms with E-state index in [1.807, 2.05) is 18.7 Å². The number of carbonyl (C=O) groups is 1. The molecule has 23 heavy (non-hydrogen) atoms. The predicted molar refractivity (Wildman–Crippen MR) is 93.3 cm³/mol. The number of carbonyl (C=O) groups excluding carboxylic acids is 1. The molecule has 0 atom stereocenters. The molecular weight excluding hydrogens is 290 g/mol. The standard InChI is InChI=1S/C18H35N3O2/c1-17(2,19)9-14-23-18(3,4)8-7-16(22)21-12-10-20(11-13-21)15-5-6-15/h15H,5-14,19H2,1-4H3. The summed E-state index contributed by atoms with van der Waals surface area (Å²) in [6, 6.07) is 0.811. The molecule has 2 N–H and O–H groups in total. The zero-order chi connectivity index (χ0) is 17.1. The molecule has 0 spiro atoms. The molecule has 1 aliphatic carbocycles. The zero-order valence-corrected chi connectivity index (χ0v) is 15.4. The summed E-state index contributed by atoms with van der Waals surface area (Å²) in [5.74, 6) is 0.274. The molecule has 1 aliphatic heterocycles. The van der Waals surface area contributed by atoms with Crippen LogP contribution in [0.25, 0.3) is 0 Å². The Labute approximate surface area is 141 Å². The van der Waals surface area contributed by atoms with E-state index in [4.69, 9.17) is 10.5 Å². The predicted octanol–water partition coefficient (Wildman–Crippen LogP) is 2.00. The van der Waals surface area contributed by atoms with Gasteiger partial charge in [0.1, 0.15) is 0 Å². The Balaban J connectivity index is 1.64. The number of nitrogens with two attached hydrogens (primary N) is 1. The van der Waals surface area contributed by atoms with Gasteiger partial charge in [-0.05, 0) is 53.4 Å². The third-order valence-electron chi connectivity index (χ3n) is 4.91. The quantitative estimate of drug-likeness (QED) is 0.741. The highest BCUT2D eigenvalue weighted by Crippen LogP contribution is 2.27. The molecule has 0 bridgehead atoms. The van der Waals surface area contributed by atoms with Gasteiger partial charge in [-0.1, -0.05) is 0 Å². The lowest BCUT2D eigenvalue weighted by Gasteiger charge is -2.35. The van der Waals surface area contributed by atoms with Gasteiger partial charge in [0, 0.05) is 50.8 Å². The van der Waals surface area contributed by atoms with Crippen LogP contribution in [0, 0.1) is 0 Å². The van der Waals surface area contributed by atoms with Crippen LogP contribution in [0.15, 0.2) is 0 Å². The van der Waals surface area contributed by atoms with Gasteiger partial charge < -0.3 is 15.4 Å². The molecule has 2 rings (SSSR count). The molecule has 2 aliphatic rings. The van der Waals surface area contributed by atoms with E-state index < -0.39 is 0 Å². The smallest absolute Gasteiger partial charge is 0.222 e. The van der Waals surface area contributed by atoms with Crippen LogP contribution < -0.4 is 5.73 Å². The second-order valence-corrected chi connectivity index (χ2v) is 8.49. The Morgan fingerprint density at radius 2 is 1.70 bits per heavy atom. The van der Waals surface area contributed by atoms with Crippen molar-refractivity contribution in [2.45, 2.75) is 77.0 Å². The molecule has 1 saturated heterocycles. The zero-order valence-electron chi connectivity index (χ0n) is 15.4. The maximum absolute atomic E-state index is 12.4. The Hall–Kier alpha value is -0.650. The SMILES string of the molecule is CC(C)(N)CCOC(C)(C)CCC(=O)N1CCN(C2CC2)CC1. The minimum atomic E-state index is -0.267. The van der Waals surface area contributed by atoms with Gasteiger partial charge >= 0.3 is 0 Å². The van der Waals surface area contributed by atoms with Crippen LogP contribution >= 0.6 is 0 Å². The van der Waals surface area contributed by atoms with E-state index in [2.05, 4.69) is 18.7 Å². The normalized spacial score (nSPS) is 20.8. The van der Waals surface area contributed by atoms with Gasteiger partial charge in [-0.25, -0.2) is 0 Å². The number of hydrogen-bond acceptors (Lipinski definition) is 4. The van der Waals surface area contributed by atoms with Crippen LogP contribution in [0.4, 0.5) is 0 Å². The molecule has 1 saturated carbocycles.